The summed E-state index contributed by atoms with van der Waals surface area (Å²) in [6, 6.07) is 0. The number of unbranched alkanes of at least 4 members (excludes halogenated alkanes) is 7. The zero-order valence-electron chi connectivity index (χ0n) is 16.9. The van der Waals surface area contributed by atoms with Crippen LogP contribution < -0.4 is 0 Å². The topological polar surface area (TPSA) is 74.6 Å². The predicted octanol–water partition coefficient (Wildman–Crippen LogP) is 6.06. The van der Waals surface area contributed by atoms with Crippen LogP contribution in [0.2, 0.25) is 0 Å². The summed E-state index contributed by atoms with van der Waals surface area (Å²) in [5.74, 6) is -1.16. The van der Waals surface area contributed by atoms with Gasteiger partial charge in [-0.1, -0.05) is 83.8 Å². The second-order valence-electron chi connectivity index (χ2n) is 8.67. The van der Waals surface area contributed by atoms with Crippen molar-refractivity contribution in [1.29, 1.82) is 0 Å². The van der Waals surface area contributed by atoms with Gasteiger partial charge in [0.2, 0.25) is 0 Å². The highest BCUT2D eigenvalue weighted by atomic mass is 16.4. The van der Waals surface area contributed by atoms with Crippen molar-refractivity contribution in [3.8, 4) is 0 Å². The first-order chi connectivity index (χ1) is 12.3. The molecule has 1 aliphatic rings. The van der Waals surface area contributed by atoms with Gasteiger partial charge in [-0.05, 0) is 32.1 Å². The molecule has 2 N–H and O–H groups in total. The maximum Gasteiger partial charge on any atom is 0.311 e. The molecule has 0 aromatic carbocycles. The minimum absolute atomic E-state index is 0.297. The number of hydrogen-bond donors (Lipinski definition) is 2. The van der Waals surface area contributed by atoms with Crippen LogP contribution >= 0.6 is 0 Å². The van der Waals surface area contributed by atoms with Gasteiger partial charge in [0.15, 0.2) is 0 Å². The summed E-state index contributed by atoms with van der Waals surface area (Å²) in [5.41, 5.74) is -2.39. The van der Waals surface area contributed by atoms with Gasteiger partial charge in [0.1, 0.15) is 0 Å². The average Bonchev–Trinajstić information content (AvgIpc) is 2.57. The predicted molar refractivity (Wildman–Crippen MR) is 105 cm³/mol. The maximum absolute atomic E-state index is 12.0. The average molecular weight is 367 g/mol. The van der Waals surface area contributed by atoms with E-state index >= 15 is 0 Å². The van der Waals surface area contributed by atoms with Crippen molar-refractivity contribution in [3.05, 3.63) is 12.2 Å². The van der Waals surface area contributed by atoms with Crippen LogP contribution in [-0.2, 0) is 9.59 Å². The highest BCUT2D eigenvalue weighted by Gasteiger charge is 2.57. The highest BCUT2D eigenvalue weighted by Crippen LogP contribution is 2.52. The summed E-state index contributed by atoms with van der Waals surface area (Å²) in [4.78, 5) is 23.8. The van der Waals surface area contributed by atoms with Crippen molar-refractivity contribution < 1.29 is 19.8 Å². The van der Waals surface area contributed by atoms with E-state index in [0.29, 0.717) is 19.3 Å². The smallest absolute Gasteiger partial charge is 0.311 e. The van der Waals surface area contributed by atoms with Crippen LogP contribution in [0.5, 0.6) is 0 Å². The molecule has 1 aliphatic carbocycles. The molecular formula is C22H38O4. The molecule has 0 spiro atoms. The van der Waals surface area contributed by atoms with Crippen molar-refractivity contribution in [3.63, 3.8) is 0 Å². The van der Waals surface area contributed by atoms with Crippen LogP contribution in [0.3, 0.4) is 0 Å². The van der Waals surface area contributed by atoms with Gasteiger partial charge in [0.25, 0.3) is 0 Å². The molecule has 2 unspecified atom stereocenters. The standard InChI is InChI=1S/C22H38O4/c1-18(2)14-10-8-6-4-5-7-9-11-16-22(20(25)26)17-13-12-15-21(22,3)19(23)24/h12-13,18H,4-11,14-17H2,1-3H3,(H,23,24)(H,25,26). The van der Waals surface area contributed by atoms with Crippen LogP contribution in [-0.4, -0.2) is 22.2 Å². The molecule has 0 bridgehead atoms. The minimum Gasteiger partial charge on any atom is -0.481 e. The fraction of sp³-hybridized carbons (Fsp3) is 0.818. The lowest BCUT2D eigenvalue weighted by molar-refractivity contribution is -0.174. The second kappa shape index (κ2) is 10.7. The molecule has 4 heteroatoms. The second-order valence-corrected chi connectivity index (χ2v) is 8.67. The first kappa shape index (κ1) is 22.7. The molecule has 4 nitrogen and oxygen atoms in total. The summed E-state index contributed by atoms with van der Waals surface area (Å²) in [5, 5.41) is 19.5. The largest absolute Gasteiger partial charge is 0.481 e. The van der Waals surface area contributed by atoms with E-state index in [1.54, 1.807) is 6.92 Å². The van der Waals surface area contributed by atoms with Gasteiger partial charge in [-0.2, -0.15) is 0 Å². The van der Waals surface area contributed by atoms with E-state index in [1.807, 2.05) is 12.2 Å². The highest BCUT2D eigenvalue weighted by molar-refractivity contribution is 5.87. The third-order valence-electron chi connectivity index (χ3n) is 6.23. The third-order valence-corrected chi connectivity index (χ3v) is 6.23. The molecule has 2 atom stereocenters. The Bertz CT molecular complexity index is 483. The lowest BCUT2D eigenvalue weighted by atomic mass is 9.56. The Kier molecular flexibility index (Phi) is 9.38. The van der Waals surface area contributed by atoms with E-state index < -0.39 is 22.8 Å². The summed E-state index contributed by atoms with van der Waals surface area (Å²) in [6.45, 7) is 6.13. The van der Waals surface area contributed by atoms with E-state index in [0.717, 1.165) is 25.2 Å². The van der Waals surface area contributed by atoms with E-state index in [-0.39, 0.29) is 0 Å². The molecule has 0 aromatic rings. The van der Waals surface area contributed by atoms with E-state index in [9.17, 15) is 19.8 Å². The normalized spacial score (nSPS) is 25.5. The first-order valence-electron chi connectivity index (χ1n) is 10.4. The quantitative estimate of drug-likeness (QED) is 0.307. The number of carbonyl (C=O) groups is 2. The Morgan fingerprint density at radius 1 is 0.846 bits per heavy atom. The van der Waals surface area contributed by atoms with Crippen LogP contribution in [0.4, 0.5) is 0 Å². The maximum atomic E-state index is 12.0. The van der Waals surface area contributed by atoms with Gasteiger partial charge < -0.3 is 10.2 Å². The molecule has 0 fully saturated rings. The molecular weight excluding hydrogens is 328 g/mol. The van der Waals surface area contributed by atoms with Crippen molar-refractivity contribution in [2.24, 2.45) is 16.7 Å². The molecule has 0 saturated carbocycles. The third kappa shape index (κ3) is 5.85. The van der Waals surface area contributed by atoms with Crippen molar-refractivity contribution in [1.82, 2.24) is 0 Å². The molecule has 150 valence electrons. The van der Waals surface area contributed by atoms with Gasteiger partial charge in [-0.25, -0.2) is 0 Å². The Hall–Kier alpha value is -1.32. The van der Waals surface area contributed by atoms with E-state index in [1.165, 1.54) is 38.5 Å². The number of carboxylic acid groups (broad SMARTS) is 2. The summed E-state index contributed by atoms with van der Waals surface area (Å²) < 4.78 is 0. The Labute approximate surface area is 159 Å². The van der Waals surface area contributed by atoms with Gasteiger partial charge >= 0.3 is 11.9 Å². The molecule has 0 aliphatic heterocycles. The molecule has 0 radical (unpaired) electrons. The number of carboxylic acids is 2. The van der Waals surface area contributed by atoms with Gasteiger partial charge in [0, 0.05) is 0 Å². The number of hydrogen-bond acceptors (Lipinski definition) is 2. The van der Waals surface area contributed by atoms with Crippen LogP contribution in [0.25, 0.3) is 0 Å². The van der Waals surface area contributed by atoms with Crippen molar-refractivity contribution >= 4 is 11.9 Å². The summed E-state index contributed by atoms with van der Waals surface area (Å²) in [6.07, 6.45) is 15.3. The van der Waals surface area contributed by atoms with Crippen LogP contribution in [0, 0.1) is 16.7 Å². The van der Waals surface area contributed by atoms with Crippen molar-refractivity contribution in [2.75, 3.05) is 0 Å². The van der Waals surface area contributed by atoms with Crippen molar-refractivity contribution in [2.45, 2.75) is 97.8 Å². The molecule has 1 rings (SSSR count). The SMILES string of the molecule is CC(C)CCCCCCCCCCC1(C(=O)O)CC=CCC1(C)C(=O)O. The minimum atomic E-state index is -1.22. The fourth-order valence-electron chi connectivity index (χ4n) is 4.16. The molecule has 26 heavy (non-hydrogen) atoms. The molecule has 0 amide bonds. The monoisotopic (exact) mass is 366 g/mol. The lowest BCUT2D eigenvalue weighted by Gasteiger charge is -2.44. The molecule has 0 aromatic heterocycles. The Morgan fingerprint density at radius 3 is 1.85 bits per heavy atom. The van der Waals surface area contributed by atoms with Crippen LogP contribution in [0.1, 0.15) is 97.8 Å². The van der Waals surface area contributed by atoms with Gasteiger partial charge in [-0.15, -0.1) is 0 Å². The zero-order chi connectivity index (χ0) is 19.6. The number of rotatable bonds is 13. The lowest BCUT2D eigenvalue weighted by Crippen LogP contribution is -2.51. The molecule has 0 saturated heterocycles. The zero-order valence-corrected chi connectivity index (χ0v) is 16.9. The number of aliphatic carboxylic acids is 2. The van der Waals surface area contributed by atoms with Gasteiger partial charge in [0.05, 0.1) is 10.8 Å². The molecule has 0 heterocycles. The first-order valence-corrected chi connectivity index (χ1v) is 10.4. The summed E-state index contributed by atoms with van der Waals surface area (Å²) >= 11 is 0. The number of allylic oxidation sites excluding steroid dienone is 2. The van der Waals surface area contributed by atoms with Gasteiger partial charge in [-0.3, -0.25) is 9.59 Å². The van der Waals surface area contributed by atoms with Crippen LogP contribution in [0.15, 0.2) is 12.2 Å². The Morgan fingerprint density at radius 2 is 1.35 bits per heavy atom. The fourth-order valence-corrected chi connectivity index (χ4v) is 4.16. The Balaban J connectivity index is 2.36. The van der Waals surface area contributed by atoms with E-state index in [2.05, 4.69) is 13.8 Å². The summed E-state index contributed by atoms with van der Waals surface area (Å²) in [7, 11) is 0. The van der Waals surface area contributed by atoms with E-state index in [4.69, 9.17) is 0 Å².